The average molecular weight is 449 g/mol. The second-order valence-electron chi connectivity index (χ2n) is 5.74. The van der Waals surface area contributed by atoms with Crippen molar-refractivity contribution in [3.05, 3.63) is 51.1 Å². The van der Waals surface area contributed by atoms with E-state index in [0.29, 0.717) is 28.8 Å². The van der Waals surface area contributed by atoms with Crippen LogP contribution in [0, 0.1) is 11.6 Å². The summed E-state index contributed by atoms with van der Waals surface area (Å²) >= 11 is 9.38. The summed E-state index contributed by atoms with van der Waals surface area (Å²) in [5, 5.41) is 6.93. The molecular weight excluding hydrogens is 435 g/mol. The number of nitrogens with one attached hydrogen (secondary N) is 1. The lowest BCUT2D eigenvalue weighted by Gasteiger charge is -2.09. The Morgan fingerprint density at radius 3 is 2.65 bits per heavy atom. The fourth-order valence-electron chi connectivity index (χ4n) is 2.49. The van der Waals surface area contributed by atoms with Crippen LogP contribution in [0.15, 0.2) is 23.1 Å². The average Bonchev–Trinajstić information content (AvgIpc) is 2.89. The second-order valence-corrected chi connectivity index (χ2v) is 6.83. The minimum absolute atomic E-state index is 0.0441. The van der Waals surface area contributed by atoms with Crippen LogP contribution in [-0.4, -0.2) is 25.8 Å². The zero-order valence-corrected chi connectivity index (χ0v) is 16.0. The Bertz CT molecular complexity index is 927. The van der Waals surface area contributed by atoms with E-state index in [9.17, 15) is 13.2 Å². The molecule has 0 aliphatic carbocycles. The van der Waals surface area contributed by atoms with Crippen LogP contribution in [0.1, 0.15) is 24.5 Å². The van der Waals surface area contributed by atoms with E-state index in [1.54, 1.807) is 6.07 Å². The lowest BCUT2D eigenvalue weighted by Crippen LogP contribution is -2.09. The highest BCUT2D eigenvalue weighted by Crippen LogP contribution is 2.28. The van der Waals surface area contributed by atoms with Crippen molar-refractivity contribution >= 4 is 38.9 Å². The van der Waals surface area contributed by atoms with Crippen LogP contribution in [0.25, 0.3) is 5.52 Å². The molecule has 0 fully saturated rings. The second kappa shape index (κ2) is 7.79. The van der Waals surface area contributed by atoms with E-state index in [2.05, 4.69) is 36.3 Å². The van der Waals surface area contributed by atoms with E-state index < -0.39 is 17.8 Å². The summed E-state index contributed by atoms with van der Waals surface area (Å²) in [6.45, 7) is 1.34. The van der Waals surface area contributed by atoms with Crippen LogP contribution in [0.5, 0.6) is 0 Å². The van der Waals surface area contributed by atoms with E-state index in [0.717, 1.165) is 18.0 Å². The summed E-state index contributed by atoms with van der Waals surface area (Å²) in [6, 6.07) is 1.78. The van der Waals surface area contributed by atoms with Gasteiger partial charge in [0.25, 0.3) is 0 Å². The fourth-order valence-corrected chi connectivity index (χ4v) is 3.23. The number of aryl methyl sites for hydroxylation is 1. The number of hydrogen-bond donors (Lipinski definition) is 1. The van der Waals surface area contributed by atoms with Gasteiger partial charge in [0.1, 0.15) is 21.8 Å². The van der Waals surface area contributed by atoms with Crippen LogP contribution >= 0.6 is 27.5 Å². The van der Waals surface area contributed by atoms with E-state index in [-0.39, 0.29) is 17.4 Å². The summed E-state index contributed by atoms with van der Waals surface area (Å²) in [6.07, 6.45) is 1.79. The Balaban J connectivity index is 1.94. The Kier molecular flexibility index (Phi) is 5.67. The number of rotatable bonds is 6. The number of pyridine rings is 1. The Morgan fingerprint density at radius 1 is 1.31 bits per heavy atom. The lowest BCUT2D eigenvalue weighted by molar-refractivity contribution is 0.341. The Labute approximate surface area is 160 Å². The Hall–Kier alpha value is -1.87. The summed E-state index contributed by atoms with van der Waals surface area (Å²) in [5.74, 6) is -1.22. The van der Waals surface area contributed by atoms with Crippen molar-refractivity contribution in [3.63, 3.8) is 0 Å². The third kappa shape index (κ3) is 3.93. The van der Waals surface area contributed by atoms with Gasteiger partial charge in [0.05, 0.1) is 18.6 Å². The van der Waals surface area contributed by atoms with Gasteiger partial charge in [0.2, 0.25) is 5.28 Å². The highest BCUT2D eigenvalue weighted by atomic mass is 79.9. The first-order chi connectivity index (χ1) is 12.4. The van der Waals surface area contributed by atoms with Crippen molar-refractivity contribution in [1.82, 2.24) is 19.6 Å². The molecule has 0 radical (unpaired) electrons. The van der Waals surface area contributed by atoms with Crippen LogP contribution in [0.3, 0.4) is 0 Å². The number of alkyl halides is 1. The van der Waals surface area contributed by atoms with Crippen LogP contribution in [0.2, 0.25) is 5.28 Å². The molecule has 26 heavy (non-hydrogen) atoms. The molecule has 0 spiro atoms. The molecular formula is C16H14BrClF3N5. The minimum atomic E-state index is -0.935. The largest absolute Gasteiger partial charge is 0.364 e. The molecule has 3 aromatic heterocycles. The van der Waals surface area contributed by atoms with Crippen molar-refractivity contribution in [2.24, 2.45) is 0 Å². The maximum absolute atomic E-state index is 13.7. The quantitative estimate of drug-likeness (QED) is 0.593. The zero-order chi connectivity index (χ0) is 18.8. The summed E-state index contributed by atoms with van der Waals surface area (Å²) < 4.78 is 42.8. The maximum Gasteiger partial charge on any atom is 0.243 e. The molecule has 138 valence electrons. The van der Waals surface area contributed by atoms with Gasteiger partial charge in [-0.05, 0) is 58.9 Å². The predicted octanol–water partition coefficient (Wildman–Crippen LogP) is 4.72. The topological polar surface area (TPSA) is 55.1 Å². The third-order valence-corrected chi connectivity index (χ3v) is 4.82. The fraction of sp³-hybridized carbons (Fsp3) is 0.312. The highest BCUT2D eigenvalue weighted by molar-refractivity contribution is 9.10. The molecule has 5 nitrogen and oxygen atoms in total. The molecule has 0 saturated carbocycles. The van der Waals surface area contributed by atoms with Gasteiger partial charge in [-0.15, -0.1) is 5.10 Å². The van der Waals surface area contributed by atoms with Gasteiger partial charge >= 0.3 is 0 Å². The van der Waals surface area contributed by atoms with Crippen LogP contribution < -0.4 is 5.32 Å². The first kappa shape index (κ1) is 18.9. The predicted molar refractivity (Wildman–Crippen MR) is 96.1 cm³/mol. The van der Waals surface area contributed by atoms with Crippen molar-refractivity contribution in [3.8, 4) is 0 Å². The standard InChI is InChI=1S/C16H14BrClF3N5/c1-8(19)2-3-9-4-13-15(24-16(18)25-26(13)14(9)17)23-5-10-11(20)6-22-7-12(10)21/h4,6-8H,2-3,5H2,1H3,(H,23,24,25). The molecule has 0 aliphatic heterocycles. The molecule has 0 bridgehead atoms. The Morgan fingerprint density at radius 2 is 2.00 bits per heavy atom. The molecule has 3 heterocycles. The molecule has 3 rings (SSSR count). The molecule has 0 amide bonds. The van der Waals surface area contributed by atoms with Gasteiger partial charge in [-0.25, -0.2) is 17.7 Å². The molecule has 1 atom stereocenters. The third-order valence-electron chi connectivity index (χ3n) is 3.82. The van der Waals surface area contributed by atoms with Crippen molar-refractivity contribution in [1.29, 1.82) is 0 Å². The smallest absolute Gasteiger partial charge is 0.243 e. The van der Waals surface area contributed by atoms with Crippen LogP contribution in [0.4, 0.5) is 19.0 Å². The van der Waals surface area contributed by atoms with Gasteiger partial charge in [0.15, 0.2) is 5.82 Å². The summed E-state index contributed by atoms with van der Waals surface area (Å²) in [5.41, 5.74) is 1.22. The summed E-state index contributed by atoms with van der Waals surface area (Å²) in [4.78, 5) is 7.54. The maximum atomic E-state index is 13.7. The first-order valence-electron chi connectivity index (χ1n) is 7.76. The lowest BCUT2D eigenvalue weighted by atomic mass is 10.1. The van der Waals surface area contributed by atoms with Crippen LogP contribution in [-0.2, 0) is 13.0 Å². The minimum Gasteiger partial charge on any atom is -0.364 e. The van der Waals surface area contributed by atoms with E-state index >= 15 is 0 Å². The number of halogens is 5. The van der Waals surface area contributed by atoms with Gasteiger partial charge in [-0.1, -0.05) is 0 Å². The van der Waals surface area contributed by atoms with E-state index in [1.165, 1.54) is 11.4 Å². The first-order valence-corrected chi connectivity index (χ1v) is 8.93. The molecule has 3 aromatic rings. The monoisotopic (exact) mass is 447 g/mol. The number of fused-ring (bicyclic) bond motifs is 1. The molecule has 1 unspecified atom stereocenters. The SMILES string of the molecule is CC(F)CCc1cc2c(NCc3c(F)cncc3F)nc(Cl)nn2c1Br. The summed E-state index contributed by atoms with van der Waals surface area (Å²) in [7, 11) is 0. The molecule has 1 N–H and O–H groups in total. The van der Waals surface area contributed by atoms with Gasteiger partial charge in [-0.2, -0.15) is 4.98 Å². The van der Waals surface area contributed by atoms with Crippen molar-refractivity contribution in [2.75, 3.05) is 5.32 Å². The normalized spacial score (nSPS) is 12.5. The van der Waals surface area contributed by atoms with Gasteiger partial charge < -0.3 is 5.32 Å². The zero-order valence-electron chi connectivity index (χ0n) is 13.6. The molecule has 0 aliphatic rings. The van der Waals surface area contributed by atoms with E-state index in [1.807, 2.05) is 0 Å². The molecule has 10 heteroatoms. The molecule has 0 saturated heterocycles. The van der Waals surface area contributed by atoms with Gasteiger partial charge in [-0.3, -0.25) is 4.98 Å². The molecule has 0 aromatic carbocycles. The number of nitrogens with zero attached hydrogens (tertiary/aromatic N) is 4. The van der Waals surface area contributed by atoms with Crippen molar-refractivity contribution < 1.29 is 13.2 Å². The number of hydrogen-bond acceptors (Lipinski definition) is 4. The number of anilines is 1. The van der Waals surface area contributed by atoms with Gasteiger partial charge in [0, 0.05) is 12.1 Å². The number of aromatic nitrogens is 4. The van der Waals surface area contributed by atoms with Crippen molar-refractivity contribution in [2.45, 2.75) is 32.5 Å². The van der Waals surface area contributed by atoms with E-state index in [4.69, 9.17) is 11.6 Å². The highest BCUT2D eigenvalue weighted by Gasteiger charge is 2.16.